The van der Waals surface area contributed by atoms with Crippen molar-refractivity contribution in [1.29, 1.82) is 5.26 Å². The fourth-order valence-corrected chi connectivity index (χ4v) is 2.70. The summed E-state index contributed by atoms with van der Waals surface area (Å²) in [4.78, 5) is 24.7. The van der Waals surface area contributed by atoms with Crippen molar-refractivity contribution < 1.29 is 22.7 Å². The largest absolute Gasteiger partial charge is 0.451 e. The molecule has 2 N–H and O–H groups in total. The Labute approximate surface area is 171 Å². The van der Waals surface area contributed by atoms with Crippen LogP contribution in [0.3, 0.4) is 0 Å². The maximum absolute atomic E-state index is 13.4. The van der Waals surface area contributed by atoms with Crippen LogP contribution in [0, 0.1) is 11.3 Å². The van der Waals surface area contributed by atoms with E-state index in [2.05, 4.69) is 15.5 Å². The SMILES string of the molecule is N#Cc1cc(Cl)cc(Oc2c(C(F)(F)F)ccn(CC(=O)Nc3cn[nH]c3)c2=O)c1. The number of carbonyl (C=O) groups excluding carboxylic acids is 1. The number of hydrogen-bond donors (Lipinski definition) is 2. The van der Waals surface area contributed by atoms with Crippen molar-refractivity contribution in [1.82, 2.24) is 14.8 Å². The topological polar surface area (TPSA) is 113 Å². The van der Waals surface area contributed by atoms with Crippen molar-refractivity contribution in [3.63, 3.8) is 0 Å². The first-order valence-electron chi connectivity index (χ1n) is 8.15. The van der Waals surface area contributed by atoms with E-state index in [1.807, 2.05) is 0 Å². The lowest BCUT2D eigenvalue weighted by Crippen LogP contribution is -2.29. The Kier molecular flexibility index (Phi) is 5.79. The van der Waals surface area contributed by atoms with Gasteiger partial charge in [0.1, 0.15) is 17.9 Å². The lowest BCUT2D eigenvalue weighted by molar-refractivity contribution is -0.138. The van der Waals surface area contributed by atoms with E-state index in [-0.39, 0.29) is 16.3 Å². The molecule has 0 aliphatic carbocycles. The molecule has 0 fully saturated rings. The second kappa shape index (κ2) is 8.30. The summed E-state index contributed by atoms with van der Waals surface area (Å²) in [5, 5.41) is 17.5. The van der Waals surface area contributed by atoms with Crippen molar-refractivity contribution in [2.24, 2.45) is 0 Å². The fraction of sp³-hybridized carbons (Fsp3) is 0.111. The summed E-state index contributed by atoms with van der Waals surface area (Å²) in [7, 11) is 0. The van der Waals surface area contributed by atoms with Crippen LogP contribution in [-0.4, -0.2) is 20.7 Å². The minimum absolute atomic E-state index is 0.0294. The number of anilines is 1. The Morgan fingerprint density at radius 1 is 1.37 bits per heavy atom. The molecule has 154 valence electrons. The summed E-state index contributed by atoms with van der Waals surface area (Å²) in [6.07, 6.45) is -1.36. The van der Waals surface area contributed by atoms with Crippen molar-refractivity contribution >= 4 is 23.2 Å². The molecule has 0 atom stereocenters. The van der Waals surface area contributed by atoms with Crippen LogP contribution < -0.4 is 15.6 Å². The number of pyridine rings is 1. The van der Waals surface area contributed by atoms with Crippen molar-refractivity contribution in [2.75, 3.05) is 5.32 Å². The van der Waals surface area contributed by atoms with Crippen molar-refractivity contribution in [2.45, 2.75) is 12.7 Å². The summed E-state index contributed by atoms with van der Waals surface area (Å²) >= 11 is 5.83. The number of amides is 1. The number of rotatable bonds is 5. The monoisotopic (exact) mass is 437 g/mol. The first kappa shape index (κ1) is 20.9. The van der Waals surface area contributed by atoms with Gasteiger partial charge in [-0.05, 0) is 24.3 Å². The maximum atomic E-state index is 13.4. The van der Waals surface area contributed by atoms with Crippen LogP contribution in [0.5, 0.6) is 11.5 Å². The molecule has 0 unspecified atom stereocenters. The van der Waals surface area contributed by atoms with Gasteiger partial charge < -0.3 is 14.6 Å². The molecule has 8 nitrogen and oxygen atoms in total. The first-order chi connectivity index (χ1) is 14.2. The third kappa shape index (κ3) is 4.79. The van der Waals surface area contributed by atoms with E-state index >= 15 is 0 Å². The van der Waals surface area contributed by atoms with E-state index in [9.17, 15) is 22.8 Å². The molecular weight excluding hydrogens is 427 g/mol. The van der Waals surface area contributed by atoms with Gasteiger partial charge in [0, 0.05) is 17.4 Å². The van der Waals surface area contributed by atoms with Crippen LogP contribution in [0.25, 0.3) is 0 Å². The molecule has 3 rings (SSSR count). The molecule has 3 aromatic rings. The third-order valence-electron chi connectivity index (χ3n) is 3.74. The zero-order valence-electron chi connectivity index (χ0n) is 14.8. The highest BCUT2D eigenvalue weighted by Crippen LogP contribution is 2.36. The van der Waals surface area contributed by atoms with Crippen LogP contribution in [-0.2, 0) is 17.5 Å². The van der Waals surface area contributed by atoms with Gasteiger partial charge in [-0.2, -0.15) is 23.5 Å². The van der Waals surface area contributed by atoms with Gasteiger partial charge in [0.25, 0.3) is 5.56 Å². The molecule has 30 heavy (non-hydrogen) atoms. The number of H-pyrrole nitrogens is 1. The van der Waals surface area contributed by atoms with Gasteiger partial charge >= 0.3 is 6.18 Å². The molecule has 0 radical (unpaired) electrons. The molecule has 2 aromatic heterocycles. The number of aromatic amines is 1. The van der Waals surface area contributed by atoms with E-state index in [1.165, 1.54) is 18.5 Å². The number of halogens is 4. The van der Waals surface area contributed by atoms with Crippen LogP contribution in [0.2, 0.25) is 5.02 Å². The number of nitrogens with one attached hydrogen (secondary N) is 2. The van der Waals surface area contributed by atoms with Crippen LogP contribution in [0.1, 0.15) is 11.1 Å². The molecule has 0 saturated carbocycles. The Balaban J connectivity index is 1.98. The number of ether oxygens (including phenoxy) is 1. The second-order valence-electron chi connectivity index (χ2n) is 5.91. The molecule has 0 aliphatic heterocycles. The number of benzene rings is 1. The highest BCUT2D eigenvalue weighted by atomic mass is 35.5. The zero-order valence-corrected chi connectivity index (χ0v) is 15.6. The number of hydrogen-bond acceptors (Lipinski definition) is 5. The Morgan fingerprint density at radius 3 is 2.77 bits per heavy atom. The minimum atomic E-state index is -4.90. The van der Waals surface area contributed by atoms with Gasteiger partial charge in [-0.3, -0.25) is 14.7 Å². The average molecular weight is 438 g/mol. The molecule has 2 heterocycles. The lowest BCUT2D eigenvalue weighted by Gasteiger charge is -2.15. The molecule has 0 aliphatic rings. The standard InChI is InChI=1S/C18H11ClF3N5O3/c19-11-3-10(6-23)4-13(5-11)30-16-14(18(20,21)22)1-2-27(17(16)29)9-15(28)26-12-7-24-25-8-12/h1-5,7-8H,9H2,(H,24,25)(H,26,28). The molecule has 1 amide bonds. The van der Waals surface area contributed by atoms with Gasteiger partial charge in [0.05, 0.1) is 23.5 Å². The Bertz CT molecular complexity index is 1180. The highest BCUT2D eigenvalue weighted by molar-refractivity contribution is 6.30. The van der Waals surface area contributed by atoms with Crippen LogP contribution in [0.15, 0.2) is 47.7 Å². The van der Waals surface area contributed by atoms with Crippen LogP contribution in [0.4, 0.5) is 18.9 Å². The zero-order chi connectivity index (χ0) is 21.9. The Morgan fingerprint density at radius 2 is 2.13 bits per heavy atom. The predicted octanol–water partition coefficient (Wildman–Crippen LogP) is 3.55. The minimum Gasteiger partial charge on any atom is -0.451 e. The summed E-state index contributed by atoms with van der Waals surface area (Å²) in [6, 6.07) is 5.98. The highest BCUT2D eigenvalue weighted by Gasteiger charge is 2.36. The first-order valence-corrected chi connectivity index (χ1v) is 8.53. The van der Waals surface area contributed by atoms with E-state index in [1.54, 1.807) is 6.07 Å². The molecule has 12 heteroatoms. The molecule has 1 aromatic carbocycles. The second-order valence-corrected chi connectivity index (χ2v) is 6.35. The summed E-state index contributed by atoms with van der Waals surface area (Å²) in [5.74, 6) is -1.95. The van der Waals surface area contributed by atoms with Gasteiger partial charge in [0.15, 0.2) is 0 Å². The maximum Gasteiger partial charge on any atom is 0.420 e. The van der Waals surface area contributed by atoms with Crippen molar-refractivity contribution in [3.8, 4) is 17.6 Å². The van der Waals surface area contributed by atoms with Gasteiger partial charge in [0.2, 0.25) is 11.7 Å². The van der Waals surface area contributed by atoms with E-state index in [0.717, 1.165) is 22.9 Å². The number of carbonyl (C=O) groups is 1. The average Bonchev–Trinajstić information content (AvgIpc) is 3.16. The summed E-state index contributed by atoms with van der Waals surface area (Å²) in [5.41, 5.74) is -2.18. The van der Waals surface area contributed by atoms with Crippen LogP contribution >= 0.6 is 11.6 Å². The molecular formula is C18H11ClF3N5O3. The van der Waals surface area contributed by atoms with Crippen molar-refractivity contribution in [3.05, 3.63) is 69.4 Å². The number of aromatic nitrogens is 3. The van der Waals surface area contributed by atoms with Gasteiger partial charge in [-0.1, -0.05) is 11.6 Å². The smallest absolute Gasteiger partial charge is 0.420 e. The van der Waals surface area contributed by atoms with Gasteiger partial charge in [-0.15, -0.1) is 0 Å². The lowest BCUT2D eigenvalue weighted by atomic mass is 10.2. The predicted molar refractivity (Wildman–Crippen MR) is 99.2 cm³/mol. The Hall–Kier alpha value is -3.78. The summed E-state index contributed by atoms with van der Waals surface area (Å²) < 4.78 is 46.2. The van der Waals surface area contributed by atoms with E-state index in [0.29, 0.717) is 11.8 Å². The summed E-state index contributed by atoms with van der Waals surface area (Å²) in [6.45, 7) is -0.572. The third-order valence-corrected chi connectivity index (χ3v) is 3.96. The molecule has 0 spiro atoms. The van der Waals surface area contributed by atoms with Gasteiger partial charge in [-0.25, -0.2) is 0 Å². The quantitative estimate of drug-likeness (QED) is 0.634. The molecule has 0 bridgehead atoms. The van der Waals surface area contributed by atoms with E-state index < -0.39 is 35.5 Å². The number of nitrogens with zero attached hydrogens (tertiary/aromatic N) is 3. The number of alkyl halides is 3. The normalized spacial score (nSPS) is 11.0. The molecule has 0 saturated heterocycles. The fourth-order valence-electron chi connectivity index (χ4n) is 2.48. The van der Waals surface area contributed by atoms with E-state index in [4.69, 9.17) is 21.6 Å². The number of nitriles is 1.